The van der Waals surface area contributed by atoms with Crippen LogP contribution in [-0.4, -0.2) is 53.9 Å². The molecule has 2 aliphatic rings. The molecule has 9 heteroatoms. The number of rotatable bonds is 3. The third kappa shape index (κ3) is 3.34. The van der Waals surface area contributed by atoms with Gasteiger partial charge in [-0.3, -0.25) is 4.79 Å². The monoisotopic (exact) mass is 374 g/mol. The van der Waals surface area contributed by atoms with Crippen LogP contribution in [0.5, 0.6) is 0 Å². The summed E-state index contributed by atoms with van der Waals surface area (Å²) in [7, 11) is 0. The molecule has 2 aromatic rings. The van der Waals surface area contributed by atoms with E-state index < -0.39 is 5.63 Å². The van der Waals surface area contributed by atoms with Gasteiger partial charge >= 0.3 is 5.63 Å². The smallest absolute Gasteiger partial charge is 0.349 e. The molecule has 0 aromatic carbocycles. The summed E-state index contributed by atoms with van der Waals surface area (Å²) in [6.45, 7) is 6.42. The molecular formula is C18H22N4O5. The van der Waals surface area contributed by atoms with Crippen LogP contribution in [0.25, 0.3) is 0 Å². The Bertz CT molecular complexity index is 891. The molecule has 4 heterocycles. The Morgan fingerprint density at radius 3 is 2.56 bits per heavy atom. The van der Waals surface area contributed by atoms with Crippen molar-refractivity contribution in [3.63, 3.8) is 0 Å². The van der Waals surface area contributed by atoms with E-state index in [1.54, 1.807) is 17.9 Å². The van der Waals surface area contributed by atoms with Crippen LogP contribution in [0.15, 0.2) is 19.9 Å². The van der Waals surface area contributed by atoms with Crippen LogP contribution in [0.1, 0.15) is 46.3 Å². The Morgan fingerprint density at radius 1 is 1.19 bits per heavy atom. The number of amides is 1. The molecule has 0 saturated carbocycles. The van der Waals surface area contributed by atoms with Gasteiger partial charge in [0.05, 0.1) is 0 Å². The molecular weight excluding hydrogens is 352 g/mol. The first kappa shape index (κ1) is 17.7. The Balaban J connectivity index is 1.48. The van der Waals surface area contributed by atoms with Crippen LogP contribution < -0.4 is 10.5 Å². The Morgan fingerprint density at radius 2 is 1.96 bits per heavy atom. The standard InChI is InChI=1S/C18H22N4O5/c1-11-10-14(13-4-3-9-25-13)26-18(24)15(11)17(23)22-7-5-21(6-8-22)16-12(2)19-27-20-16/h10,13H,3-9H2,1-2H3. The maximum Gasteiger partial charge on any atom is 0.349 e. The lowest BCUT2D eigenvalue weighted by Crippen LogP contribution is -2.50. The van der Waals surface area contributed by atoms with Gasteiger partial charge in [0.2, 0.25) is 0 Å². The van der Waals surface area contributed by atoms with Crippen LogP contribution >= 0.6 is 0 Å². The molecule has 0 radical (unpaired) electrons. The van der Waals surface area contributed by atoms with Gasteiger partial charge in [0.25, 0.3) is 5.91 Å². The minimum Gasteiger partial charge on any atom is -0.424 e. The fourth-order valence-corrected chi connectivity index (χ4v) is 3.64. The zero-order valence-corrected chi connectivity index (χ0v) is 15.4. The minimum atomic E-state index is -0.593. The molecule has 1 amide bonds. The molecule has 2 saturated heterocycles. The lowest BCUT2D eigenvalue weighted by atomic mass is 10.1. The second-order valence-corrected chi connectivity index (χ2v) is 6.95. The molecule has 27 heavy (non-hydrogen) atoms. The molecule has 2 aliphatic heterocycles. The zero-order valence-electron chi connectivity index (χ0n) is 15.4. The number of anilines is 1. The summed E-state index contributed by atoms with van der Waals surface area (Å²) in [6.07, 6.45) is 1.58. The van der Waals surface area contributed by atoms with Crippen molar-refractivity contribution in [3.05, 3.63) is 39.1 Å². The van der Waals surface area contributed by atoms with Crippen molar-refractivity contribution in [2.75, 3.05) is 37.7 Å². The summed E-state index contributed by atoms with van der Waals surface area (Å²) in [4.78, 5) is 29.1. The Kier molecular flexibility index (Phi) is 4.69. The zero-order chi connectivity index (χ0) is 19.0. The fraction of sp³-hybridized carbons (Fsp3) is 0.556. The number of piperazine rings is 1. The van der Waals surface area contributed by atoms with Gasteiger partial charge in [-0.05, 0) is 43.5 Å². The molecule has 0 N–H and O–H groups in total. The summed E-state index contributed by atoms with van der Waals surface area (Å²) in [5.74, 6) is 0.902. The Hall–Kier alpha value is -2.68. The molecule has 0 spiro atoms. The van der Waals surface area contributed by atoms with Gasteiger partial charge in [-0.2, -0.15) is 0 Å². The number of nitrogens with zero attached hydrogens (tertiary/aromatic N) is 4. The number of aromatic nitrogens is 2. The predicted octanol–water partition coefficient (Wildman–Crippen LogP) is 1.45. The van der Waals surface area contributed by atoms with Crippen LogP contribution in [0.2, 0.25) is 0 Å². The first-order chi connectivity index (χ1) is 13.0. The summed E-state index contributed by atoms with van der Waals surface area (Å²) < 4.78 is 15.7. The molecule has 2 aromatic heterocycles. The number of aryl methyl sites for hydroxylation is 2. The highest BCUT2D eigenvalue weighted by Gasteiger charge is 2.29. The van der Waals surface area contributed by atoms with Crippen molar-refractivity contribution in [3.8, 4) is 0 Å². The van der Waals surface area contributed by atoms with Gasteiger partial charge in [-0.1, -0.05) is 5.16 Å². The lowest BCUT2D eigenvalue weighted by Gasteiger charge is -2.34. The van der Waals surface area contributed by atoms with Gasteiger partial charge in [0, 0.05) is 32.8 Å². The number of carbonyl (C=O) groups excluding carboxylic acids is 1. The van der Waals surface area contributed by atoms with E-state index in [0.29, 0.717) is 49.9 Å². The van der Waals surface area contributed by atoms with E-state index in [9.17, 15) is 9.59 Å². The molecule has 4 rings (SSSR count). The first-order valence-electron chi connectivity index (χ1n) is 9.14. The SMILES string of the molecule is Cc1cc(C2CCCO2)oc(=O)c1C(=O)N1CCN(c2nonc2C)CC1. The second kappa shape index (κ2) is 7.15. The molecule has 9 nitrogen and oxygen atoms in total. The molecule has 144 valence electrons. The van der Waals surface area contributed by atoms with Crippen LogP contribution in [0, 0.1) is 13.8 Å². The molecule has 0 bridgehead atoms. The van der Waals surface area contributed by atoms with Gasteiger partial charge in [-0.25, -0.2) is 9.42 Å². The van der Waals surface area contributed by atoms with E-state index in [4.69, 9.17) is 13.8 Å². The number of ether oxygens (including phenoxy) is 1. The fourth-order valence-electron chi connectivity index (χ4n) is 3.64. The molecule has 2 fully saturated rings. The summed E-state index contributed by atoms with van der Waals surface area (Å²) in [5.41, 5.74) is 0.852. The maximum absolute atomic E-state index is 12.9. The highest BCUT2D eigenvalue weighted by atomic mass is 16.6. The van der Waals surface area contributed by atoms with Gasteiger partial charge < -0.3 is 19.0 Å². The second-order valence-electron chi connectivity index (χ2n) is 6.95. The van der Waals surface area contributed by atoms with Gasteiger partial charge in [0.15, 0.2) is 5.82 Å². The topological polar surface area (TPSA) is 102 Å². The Labute approximate surface area is 155 Å². The van der Waals surface area contributed by atoms with E-state index in [2.05, 4.69) is 10.3 Å². The van der Waals surface area contributed by atoms with Crippen molar-refractivity contribution in [2.45, 2.75) is 32.8 Å². The molecule has 1 atom stereocenters. The number of hydrogen-bond acceptors (Lipinski definition) is 8. The first-order valence-corrected chi connectivity index (χ1v) is 9.14. The van der Waals surface area contributed by atoms with E-state index in [0.717, 1.165) is 18.5 Å². The summed E-state index contributed by atoms with van der Waals surface area (Å²) >= 11 is 0. The third-order valence-electron chi connectivity index (χ3n) is 5.12. The van der Waals surface area contributed by atoms with Gasteiger partial charge in [-0.15, -0.1) is 0 Å². The summed E-state index contributed by atoms with van der Waals surface area (Å²) in [5, 5.41) is 7.69. The van der Waals surface area contributed by atoms with Crippen molar-refractivity contribution < 1.29 is 18.6 Å². The van der Waals surface area contributed by atoms with E-state index in [-0.39, 0.29) is 17.6 Å². The normalized spacial score (nSPS) is 20.3. The predicted molar refractivity (Wildman–Crippen MR) is 94.8 cm³/mol. The minimum absolute atomic E-state index is 0.101. The molecule has 0 aliphatic carbocycles. The van der Waals surface area contributed by atoms with Crippen molar-refractivity contribution in [1.29, 1.82) is 0 Å². The highest BCUT2D eigenvalue weighted by molar-refractivity contribution is 5.95. The lowest BCUT2D eigenvalue weighted by molar-refractivity contribution is 0.0731. The van der Waals surface area contributed by atoms with E-state index >= 15 is 0 Å². The van der Waals surface area contributed by atoms with Crippen molar-refractivity contribution in [2.24, 2.45) is 0 Å². The average molecular weight is 374 g/mol. The highest BCUT2D eigenvalue weighted by Crippen LogP contribution is 2.28. The third-order valence-corrected chi connectivity index (χ3v) is 5.12. The largest absolute Gasteiger partial charge is 0.424 e. The van der Waals surface area contributed by atoms with Crippen LogP contribution in [0.3, 0.4) is 0 Å². The number of hydrogen-bond donors (Lipinski definition) is 0. The van der Waals surface area contributed by atoms with Crippen molar-refractivity contribution >= 4 is 11.7 Å². The number of carbonyl (C=O) groups is 1. The molecule has 1 unspecified atom stereocenters. The maximum atomic E-state index is 12.9. The van der Waals surface area contributed by atoms with Crippen LogP contribution in [-0.2, 0) is 4.74 Å². The van der Waals surface area contributed by atoms with Crippen LogP contribution in [0.4, 0.5) is 5.82 Å². The van der Waals surface area contributed by atoms with E-state index in [1.165, 1.54) is 0 Å². The van der Waals surface area contributed by atoms with Crippen molar-refractivity contribution in [1.82, 2.24) is 15.2 Å². The summed E-state index contributed by atoms with van der Waals surface area (Å²) in [6, 6.07) is 1.76. The van der Waals surface area contributed by atoms with E-state index in [1.807, 2.05) is 11.8 Å². The van der Waals surface area contributed by atoms with Gasteiger partial charge in [0.1, 0.15) is 23.1 Å². The average Bonchev–Trinajstić information content (AvgIpc) is 3.33. The quantitative estimate of drug-likeness (QED) is 0.796.